The van der Waals surface area contributed by atoms with Gasteiger partial charge in [-0.2, -0.15) is 0 Å². The Balaban J connectivity index is 2.61. The van der Waals surface area contributed by atoms with E-state index in [0.29, 0.717) is 0 Å². The lowest BCUT2D eigenvalue weighted by Gasteiger charge is -2.28. The van der Waals surface area contributed by atoms with Crippen molar-refractivity contribution in [2.45, 2.75) is 36.9 Å². The summed E-state index contributed by atoms with van der Waals surface area (Å²) in [6, 6.07) is 0. The second kappa shape index (κ2) is 5.56. The summed E-state index contributed by atoms with van der Waals surface area (Å²) >= 11 is 0. The average Bonchev–Trinajstić information content (AvgIpc) is 2.65. The number of cyclic esters (lactones) is 1. The molecular weight excluding hydrogens is 232 g/mol. The predicted molar refractivity (Wildman–Crippen MR) is 54.8 cm³/mol. The molecule has 7 heteroatoms. The molecule has 0 amide bonds. The standard InChI is InChI=1S/C10H16O7/c1-4-2-6(17-10(4)16)8(14)9(15)7(13)5(12)3-11/h5-9,11-15H,1-3H2/t5-,6+,7-,8+,9-/m1/s1. The molecule has 5 N–H and O–H groups in total. The maximum atomic E-state index is 11.0. The molecular formula is C10H16O7. The van der Waals surface area contributed by atoms with E-state index in [1.165, 1.54) is 0 Å². The number of aliphatic hydroxyl groups excluding tert-OH is 5. The Morgan fingerprint density at radius 1 is 1.29 bits per heavy atom. The summed E-state index contributed by atoms with van der Waals surface area (Å²) in [6.07, 6.45) is -7.58. The maximum Gasteiger partial charge on any atom is 0.333 e. The zero-order valence-electron chi connectivity index (χ0n) is 9.06. The number of hydrogen-bond acceptors (Lipinski definition) is 7. The van der Waals surface area contributed by atoms with Crippen LogP contribution >= 0.6 is 0 Å². The minimum atomic E-state index is -1.74. The monoisotopic (exact) mass is 248 g/mol. The fourth-order valence-electron chi connectivity index (χ4n) is 1.54. The van der Waals surface area contributed by atoms with Crippen LogP contribution in [0.2, 0.25) is 0 Å². The van der Waals surface area contributed by atoms with Gasteiger partial charge in [-0.05, 0) is 0 Å². The average molecular weight is 248 g/mol. The lowest BCUT2D eigenvalue weighted by Crippen LogP contribution is -2.49. The Labute approximate surface area is 97.6 Å². The van der Waals surface area contributed by atoms with Gasteiger partial charge in [-0.1, -0.05) is 6.58 Å². The van der Waals surface area contributed by atoms with E-state index in [4.69, 9.17) is 14.9 Å². The lowest BCUT2D eigenvalue weighted by molar-refractivity contribution is -0.159. The van der Waals surface area contributed by atoms with Crippen molar-refractivity contribution < 1.29 is 35.1 Å². The molecule has 1 heterocycles. The van der Waals surface area contributed by atoms with Crippen LogP contribution in [0.1, 0.15) is 6.42 Å². The van der Waals surface area contributed by atoms with E-state index in [1.807, 2.05) is 0 Å². The van der Waals surface area contributed by atoms with Gasteiger partial charge in [0, 0.05) is 12.0 Å². The molecule has 0 aliphatic carbocycles. The highest BCUT2D eigenvalue weighted by atomic mass is 16.6. The summed E-state index contributed by atoms with van der Waals surface area (Å²) in [5.74, 6) is -0.668. The first-order valence-corrected chi connectivity index (χ1v) is 5.10. The number of hydrogen-bond donors (Lipinski definition) is 5. The molecule has 1 aliphatic rings. The van der Waals surface area contributed by atoms with Crippen molar-refractivity contribution in [3.8, 4) is 0 Å². The van der Waals surface area contributed by atoms with E-state index in [0.717, 1.165) is 0 Å². The molecule has 0 aromatic heterocycles. The van der Waals surface area contributed by atoms with Crippen molar-refractivity contribution in [3.63, 3.8) is 0 Å². The third-order valence-electron chi connectivity index (χ3n) is 2.66. The summed E-state index contributed by atoms with van der Waals surface area (Å²) in [6.45, 7) is 2.64. The fraction of sp³-hybridized carbons (Fsp3) is 0.700. The van der Waals surface area contributed by atoms with Gasteiger partial charge in [-0.15, -0.1) is 0 Å². The van der Waals surface area contributed by atoms with Crippen molar-refractivity contribution in [1.82, 2.24) is 0 Å². The van der Waals surface area contributed by atoms with Gasteiger partial charge in [0.25, 0.3) is 0 Å². The number of aliphatic hydroxyl groups is 5. The maximum absolute atomic E-state index is 11.0. The van der Waals surface area contributed by atoms with E-state index in [2.05, 4.69) is 6.58 Å². The molecule has 1 saturated heterocycles. The fourth-order valence-corrected chi connectivity index (χ4v) is 1.54. The van der Waals surface area contributed by atoms with Crippen LogP contribution in [-0.4, -0.2) is 68.6 Å². The molecule has 0 unspecified atom stereocenters. The summed E-state index contributed by atoms with van der Waals surface area (Å²) < 4.78 is 4.72. The number of rotatable bonds is 5. The van der Waals surface area contributed by atoms with E-state index in [1.54, 1.807) is 0 Å². The van der Waals surface area contributed by atoms with Crippen molar-refractivity contribution in [3.05, 3.63) is 12.2 Å². The Morgan fingerprint density at radius 3 is 2.29 bits per heavy atom. The number of carbonyl (C=O) groups excluding carboxylic acids is 1. The molecule has 5 atom stereocenters. The molecule has 0 aromatic rings. The van der Waals surface area contributed by atoms with Gasteiger partial charge in [-0.25, -0.2) is 4.79 Å². The normalized spacial score (nSPS) is 27.5. The van der Waals surface area contributed by atoms with Crippen LogP contribution in [-0.2, 0) is 9.53 Å². The summed E-state index contributed by atoms with van der Waals surface area (Å²) in [7, 11) is 0. The quantitative estimate of drug-likeness (QED) is 0.264. The van der Waals surface area contributed by atoms with Crippen molar-refractivity contribution in [2.24, 2.45) is 0 Å². The Morgan fingerprint density at radius 2 is 1.88 bits per heavy atom. The molecule has 1 rings (SSSR count). The van der Waals surface area contributed by atoms with E-state index < -0.39 is 43.1 Å². The lowest BCUT2D eigenvalue weighted by atomic mass is 9.97. The summed E-state index contributed by atoms with van der Waals surface area (Å²) in [5.41, 5.74) is 0.165. The van der Waals surface area contributed by atoms with Gasteiger partial charge >= 0.3 is 5.97 Å². The first kappa shape index (κ1) is 14.1. The van der Waals surface area contributed by atoms with Crippen LogP contribution in [0.3, 0.4) is 0 Å². The SMILES string of the molecule is C=C1C[C@@H]([C@H](O)[C@H](O)[C@H](O)[C@H](O)CO)OC1=O. The predicted octanol–water partition coefficient (Wildman–Crippen LogP) is -2.71. The van der Waals surface area contributed by atoms with Crippen LogP contribution < -0.4 is 0 Å². The molecule has 0 aromatic carbocycles. The van der Waals surface area contributed by atoms with Gasteiger partial charge in [-0.3, -0.25) is 0 Å². The first-order valence-electron chi connectivity index (χ1n) is 5.10. The van der Waals surface area contributed by atoms with Crippen LogP contribution in [0.25, 0.3) is 0 Å². The molecule has 17 heavy (non-hydrogen) atoms. The van der Waals surface area contributed by atoms with Crippen molar-refractivity contribution in [2.75, 3.05) is 6.61 Å². The molecule has 0 radical (unpaired) electrons. The van der Waals surface area contributed by atoms with E-state index in [-0.39, 0.29) is 12.0 Å². The van der Waals surface area contributed by atoms with Crippen molar-refractivity contribution >= 4 is 5.97 Å². The Kier molecular flexibility index (Phi) is 4.61. The largest absolute Gasteiger partial charge is 0.456 e. The zero-order chi connectivity index (χ0) is 13.2. The molecule has 0 saturated carbocycles. The highest BCUT2D eigenvalue weighted by Crippen LogP contribution is 2.24. The third-order valence-corrected chi connectivity index (χ3v) is 2.66. The number of ether oxygens (including phenoxy) is 1. The third kappa shape index (κ3) is 3.02. The van der Waals surface area contributed by atoms with Gasteiger partial charge in [0.1, 0.15) is 30.5 Å². The topological polar surface area (TPSA) is 127 Å². The zero-order valence-corrected chi connectivity index (χ0v) is 9.06. The molecule has 0 spiro atoms. The van der Waals surface area contributed by atoms with Crippen LogP contribution in [0.5, 0.6) is 0 Å². The van der Waals surface area contributed by atoms with Gasteiger partial charge in [0.2, 0.25) is 0 Å². The molecule has 7 nitrogen and oxygen atoms in total. The highest BCUT2D eigenvalue weighted by molar-refractivity contribution is 5.90. The van der Waals surface area contributed by atoms with Crippen LogP contribution in [0.15, 0.2) is 12.2 Å². The van der Waals surface area contributed by atoms with Gasteiger partial charge in [0.15, 0.2) is 0 Å². The van der Waals surface area contributed by atoms with E-state index >= 15 is 0 Å². The molecule has 0 bridgehead atoms. The summed E-state index contributed by atoms with van der Waals surface area (Å²) in [5, 5.41) is 46.2. The smallest absolute Gasteiger partial charge is 0.333 e. The molecule has 98 valence electrons. The van der Waals surface area contributed by atoms with Crippen LogP contribution in [0, 0.1) is 0 Å². The Hall–Kier alpha value is -0.990. The first-order chi connectivity index (χ1) is 7.88. The minimum Gasteiger partial charge on any atom is -0.456 e. The summed E-state index contributed by atoms with van der Waals surface area (Å²) in [4.78, 5) is 11.0. The number of carbonyl (C=O) groups is 1. The molecule has 1 aliphatic heterocycles. The van der Waals surface area contributed by atoms with Crippen LogP contribution in [0.4, 0.5) is 0 Å². The second-order valence-electron chi connectivity index (χ2n) is 3.97. The van der Waals surface area contributed by atoms with Gasteiger partial charge < -0.3 is 30.3 Å². The Bertz CT molecular complexity index is 287. The van der Waals surface area contributed by atoms with Gasteiger partial charge in [0.05, 0.1) is 6.61 Å². The highest BCUT2D eigenvalue weighted by Gasteiger charge is 2.40. The second-order valence-corrected chi connectivity index (χ2v) is 3.97. The minimum absolute atomic E-state index is 0.0407. The molecule has 1 fully saturated rings. The van der Waals surface area contributed by atoms with Crippen molar-refractivity contribution in [1.29, 1.82) is 0 Å². The number of esters is 1. The van der Waals surface area contributed by atoms with E-state index in [9.17, 15) is 20.1 Å².